The number of nitrogens with one attached hydrogen (secondary N) is 1. The van der Waals surface area contributed by atoms with Gasteiger partial charge in [-0.3, -0.25) is 9.59 Å². The summed E-state index contributed by atoms with van der Waals surface area (Å²) in [7, 11) is 1.49. The standard InChI is InChI=1S/C18H20N2O5/c1-11(2)9-19-18(22)15-8-14(25-20-15)10-24-16-6-5-13(12(3)21)7-17(16)23-4/h5-8H,1,9-10H2,2-4H3,(H,19,22). The second-order valence-corrected chi connectivity index (χ2v) is 5.53. The Bertz CT molecular complexity index is 795. The fraction of sp³-hybridized carbons (Fsp3) is 0.278. The largest absolute Gasteiger partial charge is 0.493 e. The molecule has 0 spiro atoms. The van der Waals surface area contributed by atoms with Crippen LogP contribution in [0.4, 0.5) is 0 Å². The summed E-state index contributed by atoms with van der Waals surface area (Å²) in [5.74, 6) is 0.869. The van der Waals surface area contributed by atoms with E-state index in [9.17, 15) is 9.59 Å². The molecule has 1 aromatic heterocycles. The SMILES string of the molecule is C=C(C)CNC(=O)c1cc(COc2ccc(C(C)=O)cc2OC)on1. The Balaban J connectivity index is 2.01. The number of ketones is 1. The molecule has 0 fully saturated rings. The number of aromatic nitrogens is 1. The smallest absolute Gasteiger partial charge is 0.273 e. The minimum atomic E-state index is -0.346. The van der Waals surface area contributed by atoms with Crippen LogP contribution in [0, 0.1) is 0 Å². The van der Waals surface area contributed by atoms with Crippen LogP contribution in [-0.4, -0.2) is 30.5 Å². The van der Waals surface area contributed by atoms with Gasteiger partial charge in [-0.25, -0.2) is 0 Å². The molecule has 1 heterocycles. The van der Waals surface area contributed by atoms with Crippen LogP contribution in [-0.2, 0) is 6.61 Å². The van der Waals surface area contributed by atoms with E-state index < -0.39 is 0 Å². The van der Waals surface area contributed by atoms with Gasteiger partial charge in [0.15, 0.2) is 28.7 Å². The van der Waals surface area contributed by atoms with Crippen LogP contribution < -0.4 is 14.8 Å². The van der Waals surface area contributed by atoms with Crippen molar-refractivity contribution in [3.05, 3.63) is 53.4 Å². The number of carbonyl (C=O) groups is 2. The second-order valence-electron chi connectivity index (χ2n) is 5.53. The number of ether oxygens (including phenoxy) is 2. The minimum absolute atomic E-state index is 0.0644. The molecule has 2 rings (SSSR count). The van der Waals surface area contributed by atoms with Crippen molar-refractivity contribution >= 4 is 11.7 Å². The second kappa shape index (κ2) is 8.14. The van der Waals surface area contributed by atoms with Gasteiger partial charge in [0.25, 0.3) is 5.91 Å². The lowest BCUT2D eigenvalue weighted by atomic mass is 10.1. The van der Waals surface area contributed by atoms with E-state index in [1.54, 1.807) is 18.2 Å². The van der Waals surface area contributed by atoms with Crippen LogP contribution in [0.1, 0.15) is 40.5 Å². The van der Waals surface area contributed by atoms with Gasteiger partial charge in [-0.15, -0.1) is 0 Å². The van der Waals surface area contributed by atoms with E-state index in [0.717, 1.165) is 5.57 Å². The summed E-state index contributed by atoms with van der Waals surface area (Å²) in [6.07, 6.45) is 0. The first-order valence-corrected chi connectivity index (χ1v) is 7.60. The van der Waals surface area contributed by atoms with Crippen molar-refractivity contribution < 1.29 is 23.6 Å². The van der Waals surface area contributed by atoms with E-state index in [1.165, 1.54) is 20.1 Å². The number of benzene rings is 1. The summed E-state index contributed by atoms with van der Waals surface area (Å²) in [5, 5.41) is 6.38. The fourth-order valence-corrected chi connectivity index (χ4v) is 1.96. The number of methoxy groups -OCH3 is 1. The average Bonchev–Trinajstić information content (AvgIpc) is 3.06. The van der Waals surface area contributed by atoms with Crippen LogP contribution in [0.25, 0.3) is 0 Å². The third-order valence-electron chi connectivity index (χ3n) is 3.28. The molecule has 0 unspecified atom stereocenters. The number of amides is 1. The third-order valence-corrected chi connectivity index (χ3v) is 3.28. The minimum Gasteiger partial charge on any atom is -0.493 e. The number of Topliss-reactive ketones (excluding diaryl/α,β-unsaturated/α-hetero) is 1. The molecule has 1 aromatic carbocycles. The van der Waals surface area contributed by atoms with Gasteiger partial charge < -0.3 is 19.3 Å². The van der Waals surface area contributed by atoms with E-state index in [1.807, 2.05) is 6.92 Å². The van der Waals surface area contributed by atoms with E-state index in [-0.39, 0.29) is 24.0 Å². The molecule has 7 nitrogen and oxygen atoms in total. The van der Waals surface area contributed by atoms with Crippen molar-refractivity contribution in [2.45, 2.75) is 20.5 Å². The normalized spacial score (nSPS) is 10.2. The summed E-state index contributed by atoms with van der Waals surface area (Å²) in [6, 6.07) is 6.40. The van der Waals surface area contributed by atoms with Gasteiger partial charge in [0.2, 0.25) is 0 Å². The molecule has 0 aliphatic carbocycles. The van der Waals surface area contributed by atoms with E-state index in [4.69, 9.17) is 14.0 Å². The molecule has 0 atom stereocenters. The van der Waals surface area contributed by atoms with Gasteiger partial charge in [-0.05, 0) is 32.0 Å². The van der Waals surface area contributed by atoms with Crippen LogP contribution >= 0.6 is 0 Å². The van der Waals surface area contributed by atoms with Crippen molar-refractivity contribution in [3.63, 3.8) is 0 Å². The Morgan fingerprint density at radius 1 is 1.24 bits per heavy atom. The number of carbonyl (C=O) groups excluding carboxylic acids is 2. The highest BCUT2D eigenvalue weighted by Gasteiger charge is 2.14. The molecular formula is C18H20N2O5. The van der Waals surface area contributed by atoms with Crippen molar-refractivity contribution in [2.75, 3.05) is 13.7 Å². The van der Waals surface area contributed by atoms with Crippen LogP contribution in [0.2, 0.25) is 0 Å². The third kappa shape index (κ3) is 4.94. The van der Waals surface area contributed by atoms with E-state index in [0.29, 0.717) is 29.4 Å². The van der Waals surface area contributed by atoms with Crippen LogP contribution in [0.3, 0.4) is 0 Å². The first kappa shape index (κ1) is 18.3. The highest BCUT2D eigenvalue weighted by Crippen LogP contribution is 2.29. The van der Waals surface area contributed by atoms with E-state index in [2.05, 4.69) is 17.1 Å². The lowest BCUT2D eigenvalue weighted by Gasteiger charge is -2.10. The van der Waals surface area contributed by atoms with Crippen LogP contribution in [0.5, 0.6) is 11.5 Å². The summed E-state index contributed by atoms with van der Waals surface area (Å²) in [6.45, 7) is 7.44. The molecule has 0 bridgehead atoms. The average molecular weight is 344 g/mol. The summed E-state index contributed by atoms with van der Waals surface area (Å²) in [4.78, 5) is 23.3. The van der Waals surface area contributed by atoms with Crippen molar-refractivity contribution in [1.82, 2.24) is 10.5 Å². The van der Waals surface area contributed by atoms with Gasteiger partial charge in [-0.2, -0.15) is 0 Å². The molecule has 1 amide bonds. The number of hydrogen-bond donors (Lipinski definition) is 1. The van der Waals surface area contributed by atoms with Crippen LogP contribution in [0.15, 0.2) is 40.9 Å². The Morgan fingerprint density at radius 2 is 2.00 bits per heavy atom. The maximum absolute atomic E-state index is 11.9. The number of nitrogens with zero attached hydrogens (tertiary/aromatic N) is 1. The van der Waals surface area contributed by atoms with E-state index >= 15 is 0 Å². The fourth-order valence-electron chi connectivity index (χ4n) is 1.96. The zero-order valence-corrected chi connectivity index (χ0v) is 14.4. The Kier molecular flexibility index (Phi) is 5.94. The topological polar surface area (TPSA) is 90.7 Å². The number of rotatable bonds is 8. The summed E-state index contributed by atoms with van der Waals surface area (Å²) < 4.78 is 15.9. The molecule has 0 aliphatic rings. The molecule has 1 N–H and O–H groups in total. The molecule has 0 radical (unpaired) electrons. The highest BCUT2D eigenvalue weighted by molar-refractivity contribution is 5.94. The van der Waals surface area contributed by atoms with Gasteiger partial charge in [0.05, 0.1) is 7.11 Å². The quantitative estimate of drug-likeness (QED) is 0.585. The van der Waals surface area contributed by atoms with Gasteiger partial charge in [0.1, 0.15) is 6.61 Å². The Hall–Kier alpha value is -3.09. The number of hydrogen-bond acceptors (Lipinski definition) is 6. The van der Waals surface area contributed by atoms with Gasteiger partial charge in [0, 0.05) is 18.2 Å². The maximum atomic E-state index is 11.9. The highest BCUT2D eigenvalue weighted by atomic mass is 16.5. The lowest BCUT2D eigenvalue weighted by Crippen LogP contribution is -2.25. The van der Waals surface area contributed by atoms with Gasteiger partial charge in [-0.1, -0.05) is 17.3 Å². The Labute approximate surface area is 145 Å². The first-order valence-electron chi connectivity index (χ1n) is 7.60. The monoisotopic (exact) mass is 344 g/mol. The van der Waals surface area contributed by atoms with Crippen molar-refractivity contribution in [2.24, 2.45) is 0 Å². The lowest BCUT2D eigenvalue weighted by molar-refractivity contribution is 0.0946. The Morgan fingerprint density at radius 3 is 2.64 bits per heavy atom. The maximum Gasteiger partial charge on any atom is 0.273 e. The zero-order valence-electron chi connectivity index (χ0n) is 14.4. The molecule has 0 aliphatic heterocycles. The predicted molar refractivity (Wildman–Crippen MR) is 91.0 cm³/mol. The summed E-state index contributed by atoms with van der Waals surface area (Å²) >= 11 is 0. The first-order chi connectivity index (χ1) is 11.9. The molecular weight excluding hydrogens is 324 g/mol. The van der Waals surface area contributed by atoms with Crippen molar-refractivity contribution in [3.8, 4) is 11.5 Å². The van der Waals surface area contributed by atoms with Crippen molar-refractivity contribution in [1.29, 1.82) is 0 Å². The summed E-state index contributed by atoms with van der Waals surface area (Å²) in [5.41, 5.74) is 1.53. The molecule has 7 heteroatoms. The molecule has 132 valence electrons. The predicted octanol–water partition coefficient (Wildman–Crippen LogP) is 2.77. The van der Waals surface area contributed by atoms with Gasteiger partial charge >= 0.3 is 0 Å². The molecule has 0 saturated carbocycles. The zero-order chi connectivity index (χ0) is 18.4. The molecule has 0 saturated heterocycles. The molecule has 2 aromatic rings. The molecule has 25 heavy (non-hydrogen) atoms.